The molecule has 238 valence electrons. The van der Waals surface area contributed by atoms with Gasteiger partial charge in [0.15, 0.2) is 4.34 Å². The monoisotopic (exact) mass is 650 g/mol. The van der Waals surface area contributed by atoms with Gasteiger partial charge in [0, 0.05) is 30.9 Å². The number of thioether (sulfide) groups is 1. The Kier molecular flexibility index (Phi) is 11.2. The summed E-state index contributed by atoms with van der Waals surface area (Å²) in [6.45, 7) is 8.49. The van der Waals surface area contributed by atoms with Crippen molar-refractivity contribution in [3.63, 3.8) is 0 Å². The van der Waals surface area contributed by atoms with E-state index in [0.717, 1.165) is 64.3 Å². The molecule has 5 rings (SSSR count). The van der Waals surface area contributed by atoms with Crippen molar-refractivity contribution in [3.05, 3.63) is 71.3 Å². The van der Waals surface area contributed by atoms with Crippen LogP contribution in [-0.4, -0.2) is 81.1 Å². The molecule has 2 heterocycles. The smallest absolute Gasteiger partial charge is 0.259 e. The van der Waals surface area contributed by atoms with Crippen molar-refractivity contribution in [2.75, 3.05) is 64.7 Å². The van der Waals surface area contributed by atoms with E-state index in [1.54, 1.807) is 20.3 Å². The maximum Gasteiger partial charge on any atom is 0.259 e. The first kappa shape index (κ1) is 32.6. The number of amides is 2. The molecule has 1 aromatic heterocycles. The van der Waals surface area contributed by atoms with E-state index >= 15 is 0 Å². The molecule has 1 saturated heterocycles. The lowest BCUT2D eigenvalue weighted by atomic mass is 10.1. The minimum atomic E-state index is -0.282. The number of methoxy groups -OCH3 is 2. The third-order valence-corrected chi connectivity index (χ3v) is 9.68. The van der Waals surface area contributed by atoms with Gasteiger partial charge < -0.3 is 29.6 Å². The highest BCUT2D eigenvalue weighted by atomic mass is 32.2. The van der Waals surface area contributed by atoms with Crippen LogP contribution in [0.5, 0.6) is 17.2 Å². The molecule has 0 unspecified atom stereocenters. The topological polar surface area (TPSA) is 111 Å². The quantitative estimate of drug-likeness (QED) is 0.180. The molecule has 2 N–H and O–H groups in total. The van der Waals surface area contributed by atoms with Gasteiger partial charge in [0.25, 0.3) is 5.91 Å². The molecule has 10 nitrogen and oxygen atoms in total. The van der Waals surface area contributed by atoms with E-state index in [2.05, 4.69) is 20.5 Å². The van der Waals surface area contributed by atoms with Gasteiger partial charge in [-0.15, -0.1) is 11.3 Å². The highest BCUT2D eigenvalue weighted by molar-refractivity contribution is 8.01. The molecule has 2 amide bonds. The number of morpholine rings is 1. The number of fused-ring (bicyclic) bond motifs is 1. The van der Waals surface area contributed by atoms with Crippen molar-refractivity contribution >= 4 is 50.8 Å². The van der Waals surface area contributed by atoms with Crippen molar-refractivity contribution in [3.8, 4) is 17.2 Å². The van der Waals surface area contributed by atoms with Crippen LogP contribution in [0.25, 0.3) is 10.2 Å². The number of hydrogen-bond acceptors (Lipinski definition) is 10. The number of rotatable bonds is 13. The Morgan fingerprint density at radius 2 is 1.84 bits per heavy atom. The third kappa shape index (κ3) is 8.46. The zero-order valence-corrected chi connectivity index (χ0v) is 27.5. The molecule has 1 aliphatic heterocycles. The Hall–Kier alpha value is -3.84. The molecule has 12 heteroatoms. The van der Waals surface area contributed by atoms with Crippen molar-refractivity contribution in [1.82, 2.24) is 15.2 Å². The van der Waals surface area contributed by atoms with E-state index < -0.39 is 0 Å². The molecular formula is C33H38N4O6S2. The van der Waals surface area contributed by atoms with E-state index in [-0.39, 0.29) is 23.6 Å². The molecule has 0 saturated carbocycles. The lowest BCUT2D eigenvalue weighted by molar-refractivity contribution is -0.119. The summed E-state index contributed by atoms with van der Waals surface area (Å²) in [5, 5.41) is 6.01. The van der Waals surface area contributed by atoms with Crippen LogP contribution < -0.4 is 24.8 Å². The minimum absolute atomic E-state index is 0.0757. The molecule has 0 radical (unpaired) electrons. The van der Waals surface area contributed by atoms with Crippen LogP contribution in [-0.2, 0) is 9.53 Å². The number of carbonyl (C=O) groups is 2. The maximum absolute atomic E-state index is 13.3. The fourth-order valence-electron chi connectivity index (χ4n) is 5.01. The standard InChI is InChI=1S/C33H38N4O6S2/c1-21-28(43-18-15-37-13-16-42-17-14-37)12-10-26(31(21)41-4)32(39)35-24-7-11-27-29(19-24)45-33(36-27)44-20-30(38)34-22(2)23-5-8-25(40-3)9-6-23/h5-12,19,22H,13-18,20H2,1-4H3,(H,34,38)(H,35,39)/t22-/m0/s1. The second kappa shape index (κ2) is 15.4. The van der Waals surface area contributed by atoms with Gasteiger partial charge in [-0.2, -0.15) is 0 Å². The summed E-state index contributed by atoms with van der Waals surface area (Å²) in [6, 6.07) is 16.6. The van der Waals surface area contributed by atoms with Gasteiger partial charge in [0.2, 0.25) is 5.91 Å². The fourth-order valence-corrected chi connectivity index (χ4v) is 6.93. The number of aromatic nitrogens is 1. The highest BCUT2D eigenvalue weighted by Gasteiger charge is 2.19. The molecule has 0 spiro atoms. The predicted octanol–water partition coefficient (Wildman–Crippen LogP) is 5.55. The van der Waals surface area contributed by atoms with Crippen LogP contribution >= 0.6 is 23.1 Å². The SMILES string of the molecule is COc1ccc([C@H](C)NC(=O)CSc2nc3ccc(NC(=O)c4ccc(OCCN5CCOCC5)c(C)c4OC)cc3s2)cc1. The van der Waals surface area contributed by atoms with Gasteiger partial charge in [0.05, 0.1) is 55.0 Å². The number of carbonyl (C=O) groups excluding carboxylic acids is 2. The van der Waals surface area contributed by atoms with Crippen LogP contribution in [0.3, 0.4) is 0 Å². The maximum atomic E-state index is 13.3. The van der Waals surface area contributed by atoms with E-state index in [1.807, 2.05) is 62.4 Å². The number of benzene rings is 3. The largest absolute Gasteiger partial charge is 0.497 e. The number of nitrogens with zero attached hydrogens (tertiary/aromatic N) is 2. The van der Waals surface area contributed by atoms with E-state index in [4.69, 9.17) is 18.9 Å². The Labute approximate surface area is 271 Å². The lowest BCUT2D eigenvalue weighted by Crippen LogP contribution is -2.38. The number of thiazole rings is 1. The van der Waals surface area contributed by atoms with Crippen LogP contribution in [0, 0.1) is 6.92 Å². The first-order chi connectivity index (χ1) is 21.8. The first-order valence-corrected chi connectivity index (χ1v) is 16.5. The second-order valence-electron chi connectivity index (χ2n) is 10.5. The van der Waals surface area contributed by atoms with Crippen molar-refractivity contribution in [2.24, 2.45) is 0 Å². The molecule has 1 fully saturated rings. The summed E-state index contributed by atoms with van der Waals surface area (Å²) < 4.78 is 24.0. The molecule has 0 aliphatic carbocycles. The summed E-state index contributed by atoms with van der Waals surface area (Å²) in [5.74, 6) is 1.83. The third-order valence-electron chi connectivity index (χ3n) is 7.52. The highest BCUT2D eigenvalue weighted by Crippen LogP contribution is 2.34. The van der Waals surface area contributed by atoms with Crippen molar-refractivity contribution < 1.29 is 28.5 Å². The van der Waals surface area contributed by atoms with E-state index in [0.29, 0.717) is 29.4 Å². The molecule has 1 aliphatic rings. The van der Waals surface area contributed by atoms with E-state index in [9.17, 15) is 9.59 Å². The van der Waals surface area contributed by atoms with Gasteiger partial charge in [-0.25, -0.2) is 4.98 Å². The minimum Gasteiger partial charge on any atom is -0.497 e. The van der Waals surface area contributed by atoms with Gasteiger partial charge >= 0.3 is 0 Å². The fraction of sp³-hybridized carbons (Fsp3) is 0.364. The Balaban J connectivity index is 1.16. The average Bonchev–Trinajstić information content (AvgIpc) is 3.47. The summed E-state index contributed by atoms with van der Waals surface area (Å²) in [4.78, 5) is 32.9. The Bertz CT molecular complexity index is 1620. The molecule has 4 aromatic rings. The lowest BCUT2D eigenvalue weighted by Gasteiger charge is -2.26. The number of hydrogen-bond donors (Lipinski definition) is 2. The average molecular weight is 651 g/mol. The summed E-state index contributed by atoms with van der Waals surface area (Å²) in [7, 11) is 3.18. The van der Waals surface area contributed by atoms with Crippen LogP contribution in [0.1, 0.15) is 34.5 Å². The molecule has 3 aromatic carbocycles. The van der Waals surface area contributed by atoms with Crippen molar-refractivity contribution in [1.29, 1.82) is 0 Å². The number of nitrogens with one attached hydrogen (secondary N) is 2. The predicted molar refractivity (Wildman–Crippen MR) is 178 cm³/mol. The van der Waals surface area contributed by atoms with Gasteiger partial charge in [0.1, 0.15) is 23.9 Å². The zero-order valence-electron chi connectivity index (χ0n) is 25.9. The molecular weight excluding hydrogens is 613 g/mol. The number of ether oxygens (including phenoxy) is 4. The normalized spacial score (nSPS) is 14.1. The molecule has 1 atom stereocenters. The molecule has 0 bridgehead atoms. The summed E-state index contributed by atoms with van der Waals surface area (Å²) in [6.07, 6.45) is 0. The first-order valence-electron chi connectivity index (χ1n) is 14.7. The van der Waals surface area contributed by atoms with Crippen LogP contribution in [0.15, 0.2) is 58.9 Å². The zero-order chi connectivity index (χ0) is 31.8. The summed E-state index contributed by atoms with van der Waals surface area (Å²) >= 11 is 2.87. The Morgan fingerprint density at radius 1 is 1.07 bits per heavy atom. The molecule has 45 heavy (non-hydrogen) atoms. The van der Waals surface area contributed by atoms with E-state index in [1.165, 1.54) is 23.1 Å². The van der Waals surface area contributed by atoms with Crippen LogP contribution in [0.2, 0.25) is 0 Å². The summed E-state index contributed by atoms with van der Waals surface area (Å²) in [5.41, 5.74) is 3.64. The second-order valence-corrected chi connectivity index (χ2v) is 12.8. The van der Waals surface area contributed by atoms with Crippen LogP contribution in [0.4, 0.5) is 5.69 Å². The van der Waals surface area contributed by atoms with Gasteiger partial charge in [-0.3, -0.25) is 14.5 Å². The van der Waals surface area contributed by atoms with Crippen molar-refractivity contribution in [2.45, 2.75) is 24.2 Å². The Morgan fingerprint density at radius 3 is 2.58 bits per heavy atom. The van der Waals surface area contributed by atoms with Gasteiger partial charge in [-0.1, -0.05) is 23.9 Å². The van der Waals surface area contributed by atoms with Gasteiger partial charge in [-0.05, 0) is 61.9 Å². The number of anilines is 1.